The van der Waals surface area contributed by atoms with Crippen LogP contribution in [0.3, 0.4) is 0 Å². The smallest absolute Gasteiger partial charge is 0.339 e. The summed E-state index contributed by atoms with van der Waals surface area (Å²) >= 11 is 0. The summed E-state index contributed by atoms with van der Waals surface area (Å²) in [5.41, 5.74) is 0.486. The zero-order valence-electron chi connectivity index (χ0n) is 11.2. The number of hydrogen-bond acceptors (Lipinski definition) is 6. The Labute approximate surface area is 119 Å². The summed E-state index contributed by atoms with van der Waals surface area (Å²) in [6, 6.07) is 4.11. The Bertz CT molecular complexity index is 707. The first-order valence-electron chi connectivity index (χ1n) is 6.19. The largest absolute Gasteiger partial charge is 0.545 e. The number of carbonyl (C=O) groups excluding carboxylic acids is 1. The molecule has 110 valence electrons. The number of aliphatic hydroxyl groups excluding tert-OH is 1. The second-order valence-corrected chi connectivity index (χ2v) is 4.60. The highest BCUT2D eigenvalue weighted by atomic mass is 16.4. The van der Waals surface area contributed by atoms with Crippen LogP contribution in [0.15, 0.2) is 24.4 Å². The number of hydrogen-bond donors (Lipinski definition) is 3. The number of aromatic nitrogens is 1. The Kier molecular flexibility index (Phi) is 4.04. The zero-order valence-corrected chi connectivity index (χ0v) is 11.2. The van der Waals surface area contributed by atoms with Crippen molar-refractivity contribution in [3.8, 4) is 0 Å². The molecule has 0 saturated carbocycles. The summed E-state index contributed by atoms with van der Waals surface area (Å²) in [6.45, 7) is 1.67. The Balaban J connectivity index is 2.65. The molecule has 0 aliphatic carbocycles. The van der Waals surface area contributed by atoms with Crippen molar-refractivity contribution in [1.29, 1.82) is 0 Å². The highest BCUT2D eigenvalue weighted by Gasteiger charge is 2.15. The third kappa shape index (κ3) is 3.09. The Morgan fingerprint density at radius 2 is 2.14 bits per heavy atom. The number of fused-ring (bicyclic) bond motifs is 1. The van der Waals surface area contributed by atoms with Gasteiger partial charge in [-0.25, -0.2) is 4.79 Å². The molecule has 21 heavy (non-hydrogen) atoms. The predicted molar refractivity (Wildman–Crippen MR) is 73.2 cm³/mol. The van der Waals surface area contributed by atoms with Crippen LogP contribution in [0.2, 0.25) is 0 Å². The Morgan fingerprint density at radius 1 is 1.43 bits per heavy atom. The summed E-state index contributed by atoms with van der Waals surface area (Å²) < 4.78 is 0. The van der Waals surface area contributed by atoms with E-state index in [0.29, 0.717) is 10.9 Å². The topological polar surface area (TPSA) is 123 Å². The van der Waals surface area contributed by atoms with Crippen molar-refractivity contribution in [2.75, 3.05) is 11.9 Å². The maximum atomic E-state index is 11.3. The Hall–Kier alpha value is -2.67. The van der Waals surface area contributed by atoms with Crippen molar-refractivity contribution < 1.29 is 24.9 Å². The molecule has 1 aromatic heterocycles. The van der Waals surface area contributed by atoms with Gasteiger partial charge in [-0.05, 0) is 24.6 Å². The number of aliphatic hydroxyl groups is 1. The van der Waals surface area contributed by atoms with Gasteiger partial charge in [-0.1, -0.05) is 6.07 Å². The summed E-state index contributed by atoms with van der Waals surface area (Å²) in [7, 11) is 0. The van der Waals surface area contributed by atoms with Gasteiger partial charge in [0.25, 0.3) is 0 Å². The molecule has 7 nitrogen and oxygen atoms in total. The van der Waals surface area contributed by atoms with E-state index < -0.39 is 18.0 Å². The van der Waals surface area contributed by atoms with Gasteiger partial charge in [0.1, 0.15) is 5.56 Å². The van der Waals surface area contributed by atoms with Crippen molar-refractivity contribution in [1.82, 2.24) is 4.98 Å². The van der Waals surface area contributed by atoms with Crippen LogP contribution in [0.1, 0.15) is 27.6 Å². The molecule has 2 aromatic rings. The number of nitrogens with one attached hydrogen (secondary N) is 1. The molecule has 0 bridgehead atoms. The number of rotatable bonds is 5. The number of carbonyl (C=O) groups is 2. The molecular formula is C14H13N2O5-. The summed E-state index contributed by atoms with van der Waals surface area (Å²) in [5, 5.41) is 32.6. The van der Waals surface area contributed by atoms with Gasteiger partial charge in [0.15, 0.2) is 0 Å². The molecule has 0 aliphatic heterocycles. The third-order valence-corrected chi connectivity index (χ3v) is 2.91. The van der Waals surface area contributed by atoms with Gasteiger partial charge in [-0.15, -0.1) is 0 Å². The molecule has 3 N–H and O–H groups in total. The van der Waals surface area contributed by atoms with Crippen LogP contribution in [0, 0.1) is 0 Å². The molecule has 1 atom stereocenters. The average molecular weight is 289 g/mol. The van der Waals surface area contributed by atoms with E-state index in [9.17, 15) is 24.9 Å². The minimum Gasteiger partial charge on any atom is -0.545 e. The first-order valence-corrected chi connectivity index (χ1v) is 6.19. The summed E-state index contributed by atoms with van der Waals surface area (Å²) in [4.78, 5) is 26.2. The molecule has 1 aromatic carbocycles. The maximum absolute atomic E-state index is 11.3. The van der Waals surface area contributed by atoms with Crippen molar-refractivity contribution >= 4 is 28.5 Å². The predicted octanol–water partition coefficient (Wildman–Crippen LogP) is 0.0892. The molecule has 0 spiro atoms. The quantitative estimate of drug-likeness (QED) is 0.712. The normalized spacial score (nSPS) is 12.1. The standard InChI is InChI=1S/C14H14N2O5/c1-7(17)5-16-12-9-4-8(13(18)19)2-3-11(9)15-6-10(12)14(20)21/h2-4,6-7,17H,5H2,1H3,(H,15,16)(H,18,19)(H,20,21)/p-1/t7-/m1/s1. The first kappa shape index (κ1) is 14.7. The van der Waals surface area contributed by atoms with Crippen molar-refractivity contribution in [2.45, 2.75) is 13.0 Å². The second-order valence-electron chi connectivity index (χ2n) is 4.60. The van der Waals surface area contributed by atoms with E-state index in [4.69, 9.17) is 0 Å². The zero-order chi connectivity index (χ0) is 15.6. The lowest BCUT2D eigenvalue weighted by Crippen LogP contribution is -2.22. The summed E-state index contributed by atoms with van der Waals surface area (Å²) in [5.74, 6) is -2.56. The molecule has 0 fully saturated rings. The number of carboxylic acid groups (broad SMARTS) is 2. The van der Waals surface area contributed by atoms with Crippen LogP contribution in [0.5, 0.6) is 0 Å². The van der Waals surface area contributed by atoms with Crippen LogP contribution in [0.4, 0.5) is 5.69 Å². The van der Waals surface area contributed by atoms with E-state index in [1.807, 2.05) is 0 Å². The number of carboxylic acids is 2. The molecule has 0 radical (unpaired) electrons. The molecule has 0 unspecified atom stereocenters. The van der Waals surface area contributed by atoms with Crippen LogP contribution in [-0.2, 0) is 0 Å². The fourth-order valence-corrected chi connectivity index (χ4v) is 1.92. The van der Waals surface area contributed by atoms with Gasteiger partial charge in [0.2, 0.25) is 0 Å². The van der Waals surface area contributed by atoms with E-state index in [-0.39, 0.29) is 23.4 Å². The molecule has 1 heterocycles. The summed E-state index contributed by atoms with van der Waals surface area (Å²) in [6.07, 6.45) is 0.493. The van der Waals surface area contributed by atoms with E-state index in [2.05, 4.69) is 10.3 Å². The number of nitrogens with zero attached hydrogens (tertiary/aromatic N) is 1. The van der Waals surface area contributed by atoms with Gasteiger partial charge in [-0.2, -0.15) is 0 Å². The fraction of sp³-hybridized carbons (Fsp3) is 0.214. The molecule has 0 aliphatic rings. The van der Waals surface area contributed by atoms with Crippen LogP contribution < -0.4 is 10.4 Å². The van der Waals surface area contributed by atoms with Gasteiger partial charge >= 0.3 is 5.97 Å². The van der Waals surface area contributed by atoms with Gasteiger partial charge in [0.05, 0.1) is 23.3 Å². The molecule has 2 rings (SSSR count). The number of anilines is 1. The van der Waals surface area contributed by atoms with Crippen LogP contribution in [0.25, 0.3) is 10.9 Å². The molecule has 7 heteroatoms. The fourth-order valence-electron chi connectivity index (χ4n) is 1.92. The molecular weight excluding hydrogens is 276 g/mol. The van der Waals surface area contributed by atoms with Crippen molar-refractivity contribution in [2.24, 2.45) is 0 Å². The van der Waals surface area contributed by atoms with Crippen LogP contribution >= 0.6 is 0 Å². The minimum atomic E-state index is -1.36. The Morgan fingerprint density at radius 3 is 2.71 bits per heavy atom. The van der Waals surface area contributed by atoms with Gasteiger partial charge in [-0.3, -0.25) is 4.98 Å². The van der Waals surface area contributed by atoms with E-state index >= 15 is 0 Å². The SMILES string of the molecule is C[C@@H](O)CNc1c(C(=O)O)cnc2ccc(C(=O)[O-])cc12. The van der Waals surface area contributed by atoms with Gasteiger partial charge < -0.3 is 25.4 Å². The average Bonchev–Trinajstić information content (AvgIpc) is 2.43. The molecule has 0 amide bonds. The number of benzene rings is 1. The second kappa shape index (κ2) is 5.76. The highest BCUT2D eigenvalue weighted by molar-refractivity contribution is 6.05. The lowest BCUT2D eigenvalue weighted by atomic mass is 10.1. The highest BCUT2D eigenvalue weighted by Crippen LogP contribution is 2.27. The minimum absolute atomic E-state index is 0.0769. The van der Waals surface area contributed by atoms with Crippen LogP contribution in [-0.4, -0.2) is 39.8 Å². The lowest BCUT2D eigenvalue weighted by Gasteiger charge is -2.14. The van der Waals surface area contributed by atoms with Gasteiger partial charge in [0, 0.05) is 18.1 Å². The van der Waals surface area contributed by atoms with E-state index in [0.717, 1.165) is 0 Å². The first-order chi connectivity index (χ1) is 9.90. The van der Waals surface area contributed by atoms with Crippen molar-refractivity contribution in [3.63, 3.8) is 0 Å². The maximum Gasteiger partial charge on any atom is 0.339 e. The number of pyridine rings is 1. The van der Waals surface area contributed by atoms with E-state index in [1.165, 1.54) is 24.4 Å². The monoisotopic (exact) mass is 289 g/mol. The van der Waals surface area contributed by atoms with Crippen molar-refractivity contribution in [3.05, 3.63) is 35.5 Å². The third-order valence-electron chi connectivity index (χ3n) is 2.91. The number of aromatic carboxylic acids is 2. The van der Waals surface area contributed by atoms with E-state index in [1.54, 1.807) is 6.92 Å². The molecule has 0 saturated heterocycles. The lowest BCUT2D eigenvalue weighted by molar-refractivity contribution is -0.255.